The zero-order valence-corrected chi connectivity index (χ0v) is 29.0. The summed E-state index contributed by atoms with van der Waals surface area (Å²) in [6, 6.07) is 48.8. The molecule has 0 amide bonds. The van der Waals surface area contributed by atoms with Gasteiger partial charge in [-0.3, -0.25) is 8.42 Å². The molecule has 0 heterocycles. The Morgan fingerprint density at radius 3 is 0.917 bits per heavy atom. The van der Waals surface area contributed by atoms with Gasteiger partial charge in [0.15, 0.2) is 0 Å². The van der Waals surface area contributed by atoms with Crippen LogP contribution >= 0.6 is 0 Å². The van der Waals surface area contributed by atoms with Crippen LogP contribution < -0.4 is 0 Å². The number of benzene rings is 6. The van der Waals surface area contributed by atoms with Gasteiger partial charge in [0.25, 0.3) is 0 Å². The highest BCUT2D eigenvalue weighted by molar-refractivity contribution is 7.83. The molecule has 2 aliphatic carbocycles. The number of aliphatic hydroxyl groups is 2. The maximum atomic E-state index is 12.4. The van der Waals surface area contributed by atoms with E-state index in [1.165, 1.54) is 0 Å². The molecule has 6 aromatic rings. The minimum atomic E-state index is -1.25. The molecule has 0 aliphatic heterocycles. The van der Waals surface area contributed by atoms with Crippen molar-refractivity contribution in [3.05, 3.63) is 179 Å². The van der Waals surface area contributed by atoms with Crippen molar-refractivity contribution < 1.29 is 18.6 Å². The van der Waals surface area contributed by atoms with Crippen molar-refractivity contribution in [1.82, 2.24) is 0 Å². The van der Waals surface area contributed by atoms with E-state index in [0.717, 1.165) is 66.8 Å². The van der Waals surface area contributed by atoms with Gasteiger partial charge in [-0.2, -0.15) is 0 Å². The molecule has 2 N–H and O–H groups in total. The Labute approximate surface area is 287 Å². The molecule has 0 spiro atoms. The first-order valence-corrected chi connectivity index (χ1v) is 19.5. The first-order chi connectivity index (χ1) is 23.1. The molecule has 0 unspecified atom stereocenters. The molecular weight excluding hydrogens is 633 g/mol. The Morgan fingerprint density at radius 1 is 0.396 bits per heavy atom. The summed E-state index contributed by atoms with van der Waals surface area (Å²) in [4.78, 5) is 0. The number of hydrogen-bond acceptors (Lipinski definition) is 4. The number of hydrogen-bond donors (Lipinski definition) is 2. The Bertz CT molecular complexity index is 1920. The summed E-state index contributed by atoms with van der Waals surface area (Å²) < 4.78 is 19.1. The summed E-state index contributed by atoms with van der Waals surface area (Å²) >= 11 is 0. The summed E-state index contributed by atoms with van der Waals surface area (Å²) in [5.74, 6) is 0. The highest BCUT2D eigenvalue weighted by Gasteiger charge is 2.44. The smallest absolute Gasteiger partial charge is 0.141 e. The average Bonchev–Trinajstić information content (AvgIpc) is 3.52. The fraction of sp³-hybridized carbons (Fsp3) is 0.143. The van der Waals surface area contributed by atoms with Gasteiger partial charge in [-0.15, -0.1) is 0 Å². The summed E-state index contributed by atoms with van der Waals surface area (Å²) in [5, 5.41) is 24.8. The molecular formula is C42H38O4S2. The van der Waals surface area contributed by atoms with Crippen LogP contribution in [0.15, 0.2) is 146 Å². The topological polar surface area (TPSA) is 74.6 Å². The Morgan fingerprint density at radius 2 is 0.646 bits per heavy atom. The molecule has 0 fully saturated rings. The van der Waals surface area contributed by atoms with Crippen molar-refractivity contribution in [3.63, 3.8) is 0 Å². The zero-order chi connectivity index (χ0) is 34.1. The van der Waals surface area contributed by atoms with E-state index in [0.29, 0.717) is 0 Å². The van der Waals surface area contributed by atoms with Gasteiger partial charge in [0.05, 0.1) is 0 Å². The van der Waals surface area contributed by atoms with Gasteiger partial charge < -0.3 is 10.2 Å². The summed E-state index contributed by atoms with van der Waals surface area (Å²) in [6.07, 6.45) is 6.56. The monoisotopic (exact) mass is 670 g/mol. The second kappa shape index (κ2) is 13.6. The predicted molar refractivity (Wildman–Crippen MR) is 200 cm³/mol. The lowest BCUT2D eigenvalue weighted by Crippen LogP contribution is -2.26. The minimum Gasteiger partial charge on any atom is -0.376 e. The van der Waals surface area contributed by atoms with Crippen molar-refractivity contribution in [2.24, 2.45) is 0 Å². The van der Waals surface area contributed by atoms with E-state index in [1.54, 1.807) is 25.0 Å². The number of fused-ring (bicyclic) bond motifs is 6. The lowest BCUT2D eigenvalue weighted by molar-refractivity contribution is 0.130. The molecule has 2 aliphatic rings. The second-order valence-electron chi connectivity index (χ2n) is 12.2. The van der Waals surface area contributed by atoms with Crippen LogP contribution in [0.25, 0.3) is 33.4 Å². The standard InChI is InChI=1S/C38H26O2.2C2H6OS/c39-37(33-19-5-1-15-29(33)30-16-2-6-20-34(30)37)27-13-9-11-25(23-27)26-12-10-14-28(24-26)38(40)35-21-7-3-17-31(35)32-18-4-8-22-36(32)38;2*1-4(2)3/h1-24,39-40H;2*1-2H3. The van der Waals surface area contributed by atoms with Crippen LogP contribution in [0.4, 0.5) is 0 Å². The van der Waals surface area contributed by atoms with Crippen molar-refractivity contribution in [2.75, 3.05) is 25.0 Å². The van der Waals surface area contributed by atoms with Crippen molar-refractivity contribution in [2.45, 2.75) is 11.2 Å². The summed E-state index contributed by atoms with van der Waals surface area (Å²) in [7, 11) is -1.22. The van der Waals surface area contributed by atoms with E-state index in [9.17, 15) is 18.6 Å². The van der Waals surface area contributed by atoms with Crippen LogP contribution in [-0.4, -0.2) is 43.7 Å². The average molecular weight is 671 g/mol. The van der Waals surface area contributed by atoms with E-state index < -0.39 is 32.8 Å². The Hall–Kier alpha value is -4.46. The molecule has 0 radical (unpaired) electrons. The first kappa shape index (κ1) is 33.4. The molecule has 0 saturated carbocycles. The molecule has 0 bridgehead atoms. The SMILES string of the molecule is CS(C)=O.CS(C)=O.OC1(c2cccc(-c3cccc(C4(O)c5ccccc5-c5ccccc54)c3)c2)c2ccccc2-c2ccccc21. The second-order valence-corrected chi connectivity index (χ2v) is 15.2. The first-order valence-electron chi connectivity index (χ1n) is 15.6. The van der Waals surface area contributed by atoms with Gasteiger partial charge >= 0.3 is 0 Å². The van der Waals surface area contributed by atoms with Crippen LogP contribution in [0.2, 0.25) is 0 Å². The van der Waals surface area contributed by atoms with Gasteiger partial charge in [0, 0.05) is 68.9 Å². The third-order valence-corrected chi connectivity index (χ3v) is 8.74. The molecule has 48 heavy (non-hydrogen) atoms. The predicted octanol–water partition coefficient (Wildman–Crippen LogP) is 7.87. The van der Waals surface area contributed by atoms with E-state index >= 15 is 0 Å². The molecule has 0 saturated heterocycles. The van der Waals surface area contributed by atoms with Gasteiger partial charge in [-0.1, -0.05) is 133 Å². The van der Waals surface area contributed by atoms with E-state index in [-0.39, 0.29) is 0 Å². The van der Waals surface area contributed by atoms with Crippen LogP contribution in [-0.2, 0) is 32.8 Å². The van der Waals surface area contributed by atoms with Crippen LogP contribution in [0.5, 0.6) is 0 Å². The van der Waals surface area contributed by atoms with Gasteiger partial charge in [0.2, 0.25) is 0 Å². The van der Waals surface area contributed by atoms with E-state index in [1.807, 2.05) is 97.1 Å². The van der Waals surface area contributed by atoms with Crippen LogP contribution in [0.3, 0.4) is 0 Å². The van der Waals surface area contributed by atoms with Crippen LogP contribution in [0.1, 0.15) is 33.4 Å². The Balaban J connectivity index is 0.000000455. The lowest BCUT2D eigenvalue weighted by Gasteiger charge is -2.28. The molecule has 0 aromatic heterocycles. The molecule has 4 nitrogen and oxygen atoms in total. The summed E-state index contributed by atoms with van der Waals surface area (Å²) in [6.45, 7) is 0. The quantitative estimate of drug-likeness (QED) is 0.201. The van der Waals surface area contributed by atoms with E-state index in [4.69, 9.17) is 0 Å². The fourth-order valence-corrected chi connectivity index (χ4v) is 6.89. The molecule has 242 valence electrons. The summed E-state index contributed by atoms with van der Waals surface area (Å²) in [5.41, 5.74) is 8.97. The molecule has 0 atom stereocenters. The molecule has 6 heteroatoms. The third kappa shape index (κ3) is 5.90. The molecule has 6 aromatic carbocycles. The van der Waals surface area contributed by atoms with E-state index in [2.05, 4.69) is 48.5 Å². The lowest BCUT2D eigenvalue weighted by atomic mass is 9.81. The fourth-order valence-electron chi connectivity index (χ4n) is 6.89. The Kier molecular flexibility index (Phi) is 9.46. The van der Waals surface area contributed by atoms with Crippen LogP contribution in [0, 0.1) is 0 Å². The maximum absolute atomic E-state index is 12.4. The van der Waals surface area contributed by atoms with Crippen molar-refractivity contribution >= 4 is 21.6 Å². The third-order valence-electron chi connectivity index (χ3n) is 8.74. The number of rotatable bonds is 3. The maximum Gasteiger partial charge on any atom is 0.141 e. The zero-order valence-electron chi connectivity index (χ0n) is 27.4. The molecule has 8 rings (SSSR count). The van der Waals surface area contributed by atoms with Crippen molar-refractivity contribution in [3.8, 4) is 33.4 Å². The van der Waals surface area contributed by atoms with Gasteiger partial charge in [-0.05, 0) is 56.6 Å². The highest BCUT2D eigenvalue weighted by Crippen LogP contribution is 2.52. The highest BCUT2D eigenvalue weighted by atomic mass is 32.2. The minimum absolute atomic E-state index is 0.611. The largest absolute Gasteiger partial charge is 0.376 e. The normalized spacial score (nSPS) is 14.1. The van der Waals surface area contributed by atoms with Crippen molar-refractivity contribution in [1.29, 1.82) is 0 Å². The van der Waals surface area contributed by atoms with Gasteiger partial charge in [-0.25, -0.2) is 0 Å². The van der Waals surface area contributed by atoms with Gasteiger partial charge in [0.1, 0.15) is 11.2 Å².